The molecule has 0 bridgehead atoms. The average Bonchev–Trinajstić information content (AvgIpc) is 3.28. The molecule has 4 heterocycles. The Morgan fingerprint density at radius 1 is 1.35 bits per heavy atom. The molecule has 3 aromatic rings. The summed E-state index contributed by atoms with van der Waals surface area (Å²) < 4.78 is 7.21. The molecule has 7 heteroatoms. The summed E-state index contributed by atoms with van der Waals surface area (Å²) in [5, 5.41) is 16.8. The highest BCUT2D eigenvalue weighted by atomic mass is 16.3. The molecule has 1 atom stereocenters. The third-order valence-electron chi connectivity index (χ3n) is 4.03. The monoisotopic (exact) mass is 308 g/mol. The molecule has 0 amide bonds. The van der Waals surface area contributed by atoms with E-state index >= 15 is 0 Å². The first-order chi connectivity index (χ1) is 11.3. The number of nitrogens with zero attached hydrogens (tertiary/aromatic N) is 5. The van der Waals surface area contributed by atoms with Crippen molar-refractivity contribution < 1.29 is 4.42 Å². The molecule has 0 aliphatic carbocycles. The molecule has 1 aliphatic rings. The largest absolute Gasteiger partial charge is 0.449 e. The molecule has 116 valence electrons. The maximum atomic E-state index is 8.80. The van der Waals surface area contributed by atoms with Gasteiger partial charge in [0.15, 0.2) is 5.65 Å². The summed E-state index contributed by atoms with van der Waals surface area (Å²) in [6.45, 7) is 2.65. The van der Waals surface area contributed by atoms with E-state index in [9.17, 15) is 0 Å². The number of rotatable bonds is 4. The van der Waals surface area contributed by atoms with Crippen molar-refractivity contribution >= 4 is 11.5 Å². The number of hydrogen-bond donors (Lipinski definition) is 1. The highest BCUT2D eigenvalue weighted by Crippen LogP contribution is 2.18. The number of furan rings is 1. The lowest BCUT2D eigenvalue weighted by atomic mass is 10.2. The minimum atomic E-state index is 0.355. The summed E-state index contributed by atoms with van der Waals surface area (Å²) in [5.74, 6) is 2.05. The van der Waals surface area contributed by atoms with Crippen molar-refractivity contribution in [2.24, 2.45) is 0 Å². The lowest BCUT2D eigenvalue weighted by molar-refractivity contribution is 0.294. The molecule has 1 aliphatic heterocycles. The molecule has 0 saturated carbocycles. The van der Waals surface area contributed by atoms with Crippen molar-refractivity contribution in [3.8, 4) is 6.07 Å². The minimum Gasteiger partial charge on any atom is -0.449 e. The van der Waals surface area contributed by atoms with Crippen LogP contribution in [-0.2, 0) is 6.54 Å². The van der Waals surface area contributed by atoms with Gasteiger partial charge in [-0.1, -0.05) is 0 Å². The number of nitrogens with one attached hydrogen (secondary N) is 1. The van der Waals surface area contributed by atoms with Crippen LogP contribution in [0.2, 0.25) is 0 Å². The Balaban J connectivity index is 1.37. The van der Waals surface area contributed by atoms with E-state index in [4.69, 9.17) is 9.68 Å². The minimum absolute atomic E-state index is 0.355. The van der Waals surface area contributed by atoms with Crippen LogP contribution in [0.15, 0.2) is 41.1 Å². The van der Waals surface area contributed by atoms with Gasteiger partial charge in [-0.3, -0.25) is 4.90 Å². The van der Waals surface area contributed by atoms with E-state index in [2.05, 4.69) is 20.3 Å². The molecular weight excluding hydrogens is 292 g/mol. The third-order valence-corrected chi connectivity index (χ3v) is 4.03. The second-order valence-corrected chi connectivity index (χ2v) is 5.69. The first-order valence-electron chi connectivity index (χ1n) is 7.58. The fourth-order valence-corrected chi connectivity index (χ4v) is 2.94. The van der Waals surface area contributed by atoms with Gasteiger partial charge in [-0.25, -0.2) is 9.50 Å². The Morgan fingerprint density at radius 3 is 3.17 bits per heavy atom. The summed E-state index contributed by atoms with van der Waals surface area (Å²) in [7, 11) is 0. The first kappa shape index (κ1) is 13.8. The van der Waals surface area contributed by atoms with Crippen LogP contribution in [0.1, 0.15) is 17.9 Å². The van der Waals surface area contributed by atoms with Gasteiger partial charge >= 0.3 is 0 Å². The molecule has 1 saturated heterocycles. The van der Waals surface area contributed by atoms with Crippen LogP contribution in [0, 0.1) is 11.3 Å². The van der Waals surface area contributed by atoms with Crippen LogP contribution >= 0.6 is 0 Å². The average molecular weight is 308 g/mol. The Kier molecular flexibility index (Phi) is 3.44. The van der Waals surface area contributed by atoms with Gasteiger partial charge in [0, 0.05) is 31.5 Å². The SMILES string of the molecule is N#Cc1ccc(CN2CCC(Nc3ccc4nccn4n3)C2)o1. The van der Waals surface area contributed by atoms with Gasteiger partial charge in [0.05, 0.1) is 6.54 Å². The van der Waals surface area contributed by atoms with E-state index < -0.39 is 0 Å². The Morgan fingerprint density at radius 2 is 2.30 bits per heavy atom. The molecule has 0 radical (unpaired) electrons. The fourth-order valence-electron chi connectivity index (χ4n) is 2.94. The van der Waals surface area contributed by atoms with E-state index in [1.54, 1.807) is 16.8 Å². The van der Waals surface area contributed by atoms with Gasteiger partial charge < -0.3 is 9.73 Å². The van der Waals surface area contributed by atoms with Gasteiger partial charge in [0.2, 0.25) is 5.76 Å². The number of imidazole rings is 1. The highest BCUT2D eigenvalue weighted by molar-refractivity contribution is 5.44. The van der Waals surface area contributed by atoms with Gasteiger partial charge in [0.25, 0.3) is 0 Å². The second-order valence-electron chi connectivity index (χ2n) is 5.69. The van der Waals surface area contributed by atoms with Crippen molar-refractivity contribution in [2.45, 2.75) is 19.0 Å². The smallest absolute Gasteiger partial charge is 0.203 e. The molecular formula is C16H16N6O. The molecule has 1 unspecified atom stereocenters. The Bertz CT molecular complexity index is 861. The van der Waals surface area contributed by atoms with Gasteiger partial charge in [-0.05, 0) is 30.7 Å². The molecule has 1 N–H and O–H groups in total. The quantitative estimate of drug-likeness (QED) is 0.792. The van der Waals surface area contributed by atoms with E-state index in [-0.39, 0.29) is 0 Å². The van der Waals surface area contributed by atoms with Gasteiger partial charge in [-0.2, -0.15) is 5.26 Å². The lowest BCUT2D eigenvalue weighted by Gasteiger charge is -2.15. The van der Waals surface area contributed by atoms with Crippen molar-refractivity contribution in [1.29, 1.82) is 5.26 Å². The molecule has 0 spiro atoms. The molecule has 0 aromatic carbocycles. The first-order valence-corrected chi connectivity index (χ1v) is 7.58. The molecule has 1 fully saturated rings. The summed E-state index contributed by atoms with van der Waals surface area (Å²) >= 11 is 0. The lowest BCUT2D eigenvalue weighted by Crippen LogP contribution is -2.26. The number of anilines is 1. The topological polar surface area (TPSA) is 82.4 Å². The maximum absolute atomic E-state index is 8.80. The van der Waals surface area contributed by atoms with E-state index in [0.29, 0.717) is 11.8 Å². The zero-order chi connectivity index (χ0) is 15.6. The second kappa shape index (κ2) is 5.74. The number of likely N-dealkylation sites (tertiary alicyclic amines) is 1. The zero-order valence-electron chi connectivity index (χ0n) is 12.5. The fraction of sp³-hybridized carbons (Fsp3) is 0.312. The van der Waals surface area contributed by atoms with Crippen LogP contribution < -0.4 is 5.32 Å². The predicted molar refractivity (Wildman–Crippen MR) is 83.7 cm³/mol. The maximum Gasteiger partial charge on any atom is 0.203 e. The summed E-state index contributed by atoms with van der Waals surface area (Å²) in [6.07, 6.45) is 4.63. The molecule has 3 aromatic heterocycles. The van der Waals surface area contributed by atoms with Crippen molar-refractivity contribution in [1.82, 2.24) is 19.5 Å². The Labute approximate surface area is 133 Å². The van der Waals surface area contributed by atoms with Crippen molar-refractivity contribution in [2.75, 3.05) is 18.4 Å². The van der Waals surface area contributed by atoms with Gasteiger partial charge in [-0.15, -0.1) is 5.10 Å². The van der Waals surface area contributed by atoms with Crippen molar-refractivity contribution in [3.63, 3.8) is 0 Å². The molecule has 7 nitrogen and oxygen atoms in total. The summed E-state index contributed by atoms with van der Waals surface area (Å²) in [4.78, 5) is 6.50. The van der Waals surface area contributed by atoms with Gasteiger partial charge in [0.1, 0.15) is 17.6 Å². The third kappa shape index (κ3) is 2.89. The van der Waals surface area contributed by atoms with Crippen LogP contribution in [0.25, 0.3) is 5.65 Å². The van der Waals surface area contributed by atoms with Crippen molar-refractivity contribution in [3.05, 3.63) is 48.2 Å². The normalized spacial score (nSPS) is 18.3. The Hall–Kier alpha value is -2.85. The number of aromatic nitrogens is 3. The van der Waals surface area contributed by atoms with Crippen LogP contribution in [0.4, 0.5) is 5.82 Å². The standard InChI is InChI=1S/C16H16N6O/c17-9-13-1-2-14(23-13)11-21-7-5-12(10-21)19-15-3-4-16-18-6-8-22(16)20-15/h1-4,6,8,12H,5,7,10-11H2,(H,19,20). The van der Waals surface area contributed by atoms with Crippen LogP contribution in [-0.4, -0.2) is 38.6 Å². The number of hydrogen-bond acceptors (Lipinski definition) is 6. The molecule has 4 rings (SSSR count). The van der Waals surface area contributed by atoms with E-state index in [0.717, 1.165) is 43.3 Å². The predicted octanol–water partition coefficient (Wildman–Crippen LogP) is 1.88. The summed E-state index contributed by atoms with van der Waals surface area (Å²) in [6, 6.07) is 9.86. The number of fused-ring (bicyclic) bond motifs is 1. The zero-order valence-corrected chi connectivity index (χ0v) is 12.5. The highest BCUT2D eigenvalue weighted by Gasteiger charge is 2.23. The number of nitriles is 1. The summed E-state index contributed by atoms with van der Waals surface area (Å²) in [5.41, 5.74) is 0.842. The van der Waals surface area contributed by atoms with E-state index in [1.165, 1.54) is 0 Å². The molecule has 23 heavy (non-hydrogen) atoms. The van der Waals surface area contributed by atoms with Crippen LogP contribution in [0.3, 0.4) is 0 Å². The van der Waals surface area contributed by atoms with Crippen LogP contribution in [0.5, 0.6) is 0 Å². The van der Waals surface area contributed by atoms with E-state index in [1.807, 2.05) is 30.5 Å².